The molecule has 0 spiro atoms. The number of amides is 1. The lowest BCUT2D eigenvalue weighted by Gasteiger charge is -2.14. The molecule has 7 heteroatoms. The fourth-order valence-electron chi connectivity index (χ4n) is 2.53. The zero-order valence-electron chi connectivity index (χ0n) is 11.7. The molecule has 0 saturated heterocycles. The van der Waals surface area contributed by atoms with E-state index in [4.69, 9.17) is 10.9 Å². The summed E-state index contributed by atoms with van der Waals surface area (Å²) in [6.45, 7) is 2.27. The molecule has 108 valence electrons. The molecule has 3 rings (SSSR count). The summed E-state index contributed by atoms with van der Waals surface area (Å²) >= 11 is 0. The third-order valence-corrected chi connectivity index (χ3v) is 3.59. The van der Waals surface area contributed by atoms with Gasteiger partial charge in [0.05, 0.1) is 23.5 Å². The molecular formula is C14H15N5O2. The van der Waals surface area contributed by atoms with Crippen molar-refractivity contribution in [3.8, 4) is 5.69 Å². The summed E-state index contributed by atoms with van der Waals surface area (Å²) in [4.78, 5) is 18.3. The first kappa shape index (κ1) is 13.2. The van der Waals surface area contributed by atoms with Crippen molar-refractivity contribution in [2.45, 2.75) is 13.5 Å². The van der Waals surface area contributed by atoms with Crippen LogP contribution in [-0.4, -0.2) is 38.4 Å². The molecule has 1 aromatic carbocycles. The minimum absolute atomic E-state index is 0.0668. The summed E-state index contributed by atoms with van der Waals surface area (Å²) in [5, 5.41) is 11.9. The topological polar surface area (TPSA) is 96.7 Å². The van der Waals surface area contributed by atoms with Gasteiger partial charge in [0.1, 0.15) is 12.0 Å². The highest BCUT2D eigenvalue weighted by molar-refractivity contribution is 6.00. The van der Waals surface area contributed by atoms with Gasteiger partial charge in [-0.1, -0.05) is 16.8 Å². The molecule has 1 amide bonds. The lowest BCUT2D eigenvalue weighted by atomic mass is 10.1. The predicted molar refractivity (Wildman–Crippen MR) is 76.6 cm³/mol. The summed E-state index contributed by atoms with van der Waals surface area (Å²) in [6.07, 6.45) is 1.59. The first-order valence-electron chi connectivity index (χ1n) is 6.43. The fraction of sp³-hybridized carbons (Fsp3) is 0.214. The lowest BCUT2D eigenvalue weighted by molar-refractivity contribution is 0.0788. The minimum Gasteiger partial charge on any atom is -0.409 e. The third-order valence-electron chi connectivity index (χ3n) is 3.59. The number of oxime groups is 1. The van der Waals surface area contributed by atoms with Crippen molar-refractivity contribution >= 4 is 11.7 Å². The van der Waals surface area contributed by atoms with Gasteiger partial charge >= 0.3 is 0 Å². The summed E-state index contributed by atoms with van der Waals surface area (Å²) in [6, 6.07) is 5.67. The van der Waals surface area contributed by atoms with Crippen molar-refractivity contribution in [2.75, 3.05) is 7.05 Å². The number of nitrogens with two attached hydrogens (primary N) is 1. The highest BCUT2D eigenvalue weighted by Crippen LogP contribution is 2.26. The Hall–Kier alpha value is -2.83. The number of aryl methyl sites for hydroxylation is 1. The van der Waals surface area contributed by atoms with Gasteiger partial charge in [-0.05, 0) is 19.1 Å². The molecular weight excluding hydrogens is 270 g/mol. The molecule has 0 fully saturated rings. The van der Waals surface area contributed by atoms with Crippen LogP contribution in [0.4, 0.5) is 0 Å². The number of hydrogen-bond donors (Lipinski definition) is 2. The highest BCUT2D eigenvalue weighted by atomic mass is 16.4. The molecule has 7 nitrogen and oxygen atoms in total. The maximum Gasteiger partial charge on any atom is 0.256 e. The van der Waals surface area contributed by atoms with Gasteiger partial charge in [-0.25, -0.2) is 4.98 Å². The van der Waals surface area contributed by atoms with Gasteiger partial charge in [-0.3, -0.25) is 9.36 Å². The van der Waals surface area contributed by atoms with Crippen LogP contribution >= 0.6 is 0 Å². The van der Waals surface area contributed by atoms with Crippen LogP contribution in [0.25, 0.3) is 5.69 Å². The van der Waals surface area contributed by atoms with Gasteiger partial charge < -0.3 is 15.8 Å². The Balaban J connectivity index is 2.29. The number of nitrogens with zero attached hydrogens (tertiary/aromatic N) is 4. The van der Waals surface area contributed by atoms with E-state index in [2.05, 4.69) is 10.1 Å². The maximum atomic E-state index is 12.5. The molecule has 21 heavy (non-hydrogen) atoms. The van der Waals surface area contributed by atoms with Crippen molar-refractivity contribution in [2.24, 2.45) is 10.9 Å². The third kappa shape index (κ3) is 1.94. The second kappa shape index (κ2) is 4.62. The van der Waals surface area contributed by atoms with E-state index >= 15 is 0 Å². The molecule has 2 aromatic rings. The van der Waals surface area contributed by atoms with Crippen LogP contribution in [0.3, 0.4) is 0 Å². The Labute approximate surface area is 121 Å². The predicted octanol–water partition coefficient (Wildman–Crippen LogP) is 0.861. The number of carbonyl (C=O) groups excluding carboxylic acids is 1. The monoisotopic (exact) mass is 285 g/mol. The Bertz CT molecular complexity index is 763. The molecule has 2 heterocycles. The number of fused-ring (bicyclic) bond motifs is 3. The highest BCUT2D eigenvalue weighted by Gasteiger charge is 2.27. The summed E-state index contributed by atoms with van der Waals surface area (Å²) in [7, 11) is 1.72. The van der Waals surface area contributed by atoms with Crippen LogP contribution in [-0.2, 0) is 6.54 Å². The molecule has 0 bridgehead atoms. The summed E-state index contributed by atoms with van der Waals surface area (Å²) in [5.41, 5.74) is 9.12. The van der Waals surface area contributed by atoms with E-state index in [1.54, 1.807) is 18.3 Å². The van der Waals surface area contributed by atoms with E-state index < -0.39 is 0 Å². The molecule has 0 radical (unpaired) electrons. The van der Waals surface area contributed by atoms with Gasteiger partial charge in [-0.15, -0.1) is 0 Å². The first-order valence-corrected chi connectivity index (χ1v) is 6.43. The first-order chi connectivity index (χ1) is 10.0. The van der Waals surface area contributed by atoms with Gasteiger partial charge in [0.25, 0.3) is 5.91 Å². The molecule has 0 aliphatic carbocycles. The molecule has 0 saturated carbocycles. The number of benzene rings is 1. The molecule has 1 aliphatic heterocycles. The Morgan fingerprint density at radius 2 is 2.24 bits per heavy atom. The summed E-state index contributed by atoms with van der Waals surface area (Å²) in [5.74, 6) is -0.136. The quantitative estimate of drug-likeness (QED) is 0.351. The molecule has 1 aromatic heterocycles. The normalized spacial score (nSPS) is 14.7. The largest absolute Gasteiger partial charge is 0.409 e. The Morgan fingerprint density at radius 3 is 2.95 bits per heavy atom. The number of amidine groups is 1. The van der Waals surface area contributed by atoms with Gasteiger partial charge in [0, 0.05) is 7.05 Å². The van der Waals surface area contributed by atoms with Crippen LogP contribution in [0.1, 0.15) is 27.3 Å². The average molecular weight is 285 g/mol. The van der Waals surface area contributed by atoms with E-state index in [9.17, 15) is 4.79 Å². The van der Waals surface area contributed by atoms with Crippen LogP contribution in [0.2, 0.25) is 0 Å². The van der Waals surface area contributed by atoms with Crippen molar-refractivity contribution in [1.29, 1.82) is 0 Å². The van der Waals surface area contributed by atoms with Crippen LogP contribution in [0.5, 0.6) is 0 Å². The van der Waals surface area contributed by atoms with Crippen LogP contribution in [0.15, 0.2) is 29.7 Å². The zero-order valence-corrected chi connectivity index (χ0v) is 11.7. The van der Waals surface area contributed by atoms with Crippen molar-refractivity contribution in [3.05, 3.63) is 47.0 Å². The van der Waals surface area contributed by atoms with Crippen LogP contribution < -0.4 is 5.73 Å². The van der Waals surface area contributed by atoms with Crippen molar-refractivity contribution in [1.82, 2.24) is 14.5 Å². The second-order valence-electron chi connectivity index (χ2n) is 5.08. The molecule has 0 unspecified atom stereocenters. The van der Waals surface area contributed by atoms with E-state index in [0.29, 0.717) is 23.5 Å². The molecule has 0 atom stereocenters. The van der Waals surface area contributed by atoms with Gasteiger partial charge in [0.15, 0.2) is 5.84 Å². The van der Waals surface area contributed by atoms with E-state index in [1.165, 1.54) is 0 Å². The Morgan fingerprint density at radius 1 is 1.48 bits per heavy atom. The maximum absolute atomic E-state index is 12.5. The SMILES string of the molecule is Cc1ccc2c(c1)C(=O)N(C)Cc1c(C(N)=NO)ncn1-2. The average Bonchev–Trinajstić information content (AvgIpc) is 2.85. The van der Waals surface area contributed by atoms with Crippen LogP contribution in [0, 0.1) is 6.92 Å². The van der Waals surface area contributed by atoms with Crippen molar-refractivity contribution in [3.63, 3.8) is 0 Å². The van der Waals surface area contributed by atoms with Gasteiger partial charge in [-0.2, -0.15) is 0 Å². The van der Waals surface area contributed by atoms with Crippen molar-refractivity contribution < 1.29 is 10.0 Å². The van der Waals surface area contributed by atoms with Gasteiger partial charge in [0.2, 0.25) is 0 Å². The Kier molecular flexibility index (Phi) is 2.90. The molecule has 3 N–H and O–H groups in total. The van der Waals surface area contributed by atoms with E-state index in [-0.39, 0.29) is 11.7 Å². The molecule has 1 aliphatic rings. The number of hydrogen-bond acceptors (Lipinski definition) is 4. The zero-order chi connectivity index (χ0) is 15.1. The standard InChI is InChI=1S/C14H15N5O2/c1-8-3-4-10-9(5-8)14(20)18(2)6-11-12(13(15)17-21)16-7-19(10)11/h3-5,7,21H,6H2,1-2H3,(H2,15,17). The second-order valence-corrected chi connectivity index (χ2v) is 5.08. The number of imidazole rings is 1. The minimum atomic E-state index is -0.0693. The number of aromatic nitrogens is 2. The fourth-order valence-corrected chi connectivity index (χ4v) is 2.53. The smallest absolute Gasteiger partial charge is 0.256 e. The lowest BCUT2D eigenvalue weighted by Crippen LogP contribution is -2.26. The number of rotatable bonds is 1. The van der Waals surface area contributed by atoms with E-state index in [1.807, 2.05) is 29.7 Å². The van der Waals surface area contributed by atoms with E-state index in [0.717, 1.165) is 11.3 Å². The number of carbonyl (C=O) groups is 1. The summed E-state index contributed by atoms with van der Waals surface area (Å²) < 4.78 is 1.81.